The summed E-state index contributed by atoms with van der Waals surface area (Å²) in [5.74, 6) is 0.471. The number of rotatable bonds is 3. The summed E-state index contributed by atoms with van der Waals surface area (Å²) < 4.78 is 19.0. The van der Waals surface area contributed by atoms with Crippen LogP contribution in [0.1, 0.15) is 35.4 Å². The quantitative estimate of drug-likeness (QED) is 0.666. The first-order chi connectivity index (χ1) is 10.6. The molecule has 0 spiro atoms. The summed E-state index contributed by atoms with van der Waals surface area (Å²) in [5, 5.41) is 7.38. The van der Waals surface area contributed by atoms with E-state index in [1.54, 1.807) is 0 Å². The topological polar surface area (TPSA) is 62.3 Å². The number of nitrogens with one attached hydrogen (secondary N) is 1. The third-order valence-corrected chi connectivity index (χ3v) is 5.05. The molecule has 2 fully saturated rings. The number of nitrogen functional groups attached to an aromatic ring is 1. The Morgan fingerprint density at radius 2 is 2.05 bits per heavy atom. The Labute approximate surface area is 130 Å². The largest absolute Gasteiger partial charge is 0.398 e. The van der Waals surface area contributed by atoms with E-state index >= 15 is 0 Å². The fourth-order valence-corrected chi connectivity index (χ4v) is 3.72. The SMILES string of the molecule is Cc1cc(C=N)c(N)cc1C1CCN(C2COCC2F)CC1. The highest BCUT2D eigenvalue weighted by Crippen LogP contribution is 2.34. The van der Waals surface area contributed by atoms with E-state index in [0.717, 1.165) is 31.5 Å². The average molecular weight is 305 g/mol. The molecule has 2 aliphatic heterocycles. The van der Waals surface area contributed by atoms with Crippen LogP contribution in [0.4, 0.5) is 10.1 Å². The number of hydrogen-bond donors (Lipinski definition) is 2. The van der Waals surface area contributed by atoms with Crippen molar-refractivity contribution in [2.45, 2.75) is 37.9 Å². The van der Waals surface area contributed by atoms with Gasteiger partial charge in [0.05, 0.1) is 19.3 Å². The lowest BCUT2D eigenvalue weighted by Crippen LogP contribution is -2.45. The number of alkyl halides is 1. The van der Waals surface area contributed by atoms with Crippen molar-refractivity contribution in [2.75, 3.05) is 32.0 Å². The van der Waals surface area contributed by atoms with Crippen molar-refractivity contribution in [3.8, 4) is 0 Å². The molecule has 1 aromatic carbocycles. The maximum Gasteiger partial charge on any atom is 0.141 e. The van der Waals surface area contributed by atoms with Crippen molar-refractivity contribution in [3.05, 3.63) is 28.8 Å². The Morgan fingerprint density at radius 1 is 1.32 bits per heavy atom. The van der Waals surface area contributed by atoms with Gasteiger partial charge in [-0.25, -0.2) is 4.39 Å². The lowest BCUT2D eigenvalue weighted by Gasteiger charge is -2.36. The van der Waals surface area contributed by atoms with Crippen LogP contribution in [-0.2, 0) is 4.74 Å². The third kappa shape index (κ3) is 2.88. The molecule has 0 saturated carbocycles. The lowest BCUT2D eigenvalue weighted by atomic mass is 9.85. The van der Waals surface area contributed by atoms with E-state index in [4.69, 9.17) is 15.9 Å². The molecule has 22 heavy (non-hydrogen) atoms. The Bertz CT molecular complexity index is 555. The number of piperidine rings is 1. The van der Waals surface area contributed by atoms with Gasteiger partial charge in [0, 0.05) is 17.5 Å². The first-order valence-corrected chi connectivity index (χ1v) is 7.96. The average Bonchev–Trinajstić information content (AvgIpc) is 2.95. The molecule has 0 radical (unpaired) electrons. The summed E-state index contributed by atoms with van der Waals surface area (Å²) in [5.41, 5.74) is 9.95. The van der Waals surface area contributed by atoms with Crippen LogP contribution in [0, 0.1) is 12.3 Å². The van der Waals surface area contributed by atoms with Gasteiger partial charge in [-0.1, -0.05) is 0 Å². The Kier molecular flexibility index (Phi) is 4.45. The van der Waals surface area contributed by atoms with E-state index in [1.165, 1.54) is 17.3 Å². The van der Waals surface area contributed by atoms with Crippen LogP contribution in [0.15, 0.2) is 12.1 Å². The highest BCUT2D eigenvalue weighted by Gasteiger charge is 2.35. The number of aryl methyl sites for hydroxylation is 1. The van der Waals surface area contributed by atoms with Crippen molar-refractivity contribution in [1.29, 1.82) is 5.41 Å². The zero-order chi connectivity index (χ0) is 15.7. The maximum atomic E-state index is 13.8. The van der Waals surface area contributed by atoms with E-state index in [0.29, 0.717) is 18.2 Å². The Balaban J connectivity index is 1.69. The number of benzene rings is 1. The summed E-state index contributed by atoms with van der Waals surface area (Å²) in [4.78, 5) is 2.23. The fourth-order valence-electron chi connectivity index (χ4n) is 3.72. The molecule has 2 aliphatic rings. The smallest absolute Gasteiger partial charge is 0.141 e. The van der Waals surface area contributed by atoms with Gasteiger partial charge in [-0.3, -0.25) is 4.90 Å². The van der Waals surface area contributed by atoms with Gasteiger partial charge in [-0.15, -0.1) is 0 Å². The van der Waals surface area contributed by atoms with Crippen LogP contribution in [-0.4, -0.2) is 49.6 Å². The van der Waals surface area contributed by atoms with E-state index in [9.17, 15) is 4.39 Å². The summed E-state index contributed by atoms with van der Waals surface area (Å²) in [6, 6.07) is 3.95. The molecule has 120 valence electrons. The van der Waals surface area contributed by atoms with Gasteiger partial charge in [0.15, 0.2) is 0 Å². The first kappa shape index (κ1) is 15.4. The standard InChI is InChI=1S/C17H24FN3O/c1-11-6-13(8-19)16(20)7-14(11)12-2-4-21(5-3-12)17-10-22-9-15(17)18/h6-8,12,15,17,19H,2-5,9-10,20H2,1H3. The van der Waals surface area contributed by atoms with Crippen LogP contribution in [0.5, 0.6) is 0 Å². The van der Waals surface area contributed by atoms with Crippen LogP contribution in [0.25, 0.3) is 0 Å². The van der Waals surface area contributed by atoms with Crippen molar-refractivity contribution >= 4 is 11.9 Å². The Hall–Kier alpha value is -1.46. The summed E-state index contributed by atoms with van der Waals surface area (Å²) in [6.45, 7) is 4.66. The molecule has 5 heteroatoms. The molecule has 2 unspecified atom stereocenters. The minimum Gasteiger partial charge on any atom is -0.398 e. The van der Waals surface area contributed by atoms with Gasteiger partial charge in [-0.2, -0.15) is 0 Å². The number of halogens is 1. The minimum absolute atomic E-state index is 0.0626. The van der Waals surface area contributed by atoms with E-state index < -0.39 is 6.17 Å². The van der Waals surface area contributed by atoms with Crippen LogP contribution in [0.3, 0.4) is 0 Å². The second-order valence-corrected chi connectivity index (χ2v) is 6.41. The van der Waals surface area contributed by atoms with Crippen LogP contribution >= 0.6 is 0 Å². The number of anilines is 1. The molecular formula is C17H24FN3O. The summed E-state index contributed by atoms with van der Waals surface area (Å²) in [7, 11) is 0. The molecule has 0 bridgehead atoms. The highest BCUT2D eigenvalue weighted by atomic mass is 19.1. The first-order valence-electron chi connectivity index (χ1n) is 7.96. The minimum atomic E-state index is -0.846. The van der Waals surface area contributed by atoms with Gasteiger partial charge >= 0.3 is 0 Å². The van der Waals surface area contributed by atoms with Crippen molar-refractivity contribution in [2.24, 2.45) is 0 Å². The van der Waals surface area contributed by atoms with Crippen molar-refractivity contribution < 1.29 is 9.13 Å². The number of likely N-dealkylation sites (tertiary alicyclic amines) is 1. The molecule has 4 nitrogen and oxygen atoms in total. The van der Waals surface area contributed by atoms with Crippen LogP contribution < -0.4 is 5.73 Å². The molecular weight excluding hydrogens is 281 g/mol. The maximum absolute atomic E-state index is 13.8. The van der Waals surface area contributed by atoms with E-state index in [2.05, 4.69) is 11.8 Å². The molecule has 2 saturated heterocycles. The normalized spacial score (nSPS) is 27.2. The number of nitrogens with two attached hydrogens (primary N) is 1. The van der Waals surface area contributed by atoms with Crippen molar-refractivity contribution in [1.82, 2.24) is 4.90 Å². The zero-order valence-electron chi connectivity index (χ0n) is 13.0. The van der Waals surface area contributed by atoms with Gasteiger partial charge in [0.2, 0.25) is 0 Å². The molecule has 3 N–H and O–H groups in total. The van der Waals surface area contributed by atoms with Gasteiger partial charge in [0.25, 0.3) is 0 Å². The Morgan fingerprint density at radius 3 is 2.64 bits per heavy atom. The van der Waals surface area contributed by atoms with Crippen LogP contribution in [0.2, 0.25) is 0 Å². The van der Waals surface area contributed by atoms with Gasteiger partial charge in [0.1, 0.15) is 6.17 Å². The fraction of sp³-hybridized carbons (Fsp3) is 0.588. The number of nitrogens with zero attached hydrogens (tertiary/aromatic N) is 1. The summed E-state index contributed by atoms with van der Waals surface area (Å²) in [6.07, 6.45) is 2.50. The number of ether oxygens (including phenoxy) is 1. The second kappa shape index (κ2) is 6.34. The second-order valence-electron chi connectivity index (χ2n) is 6.41. The molecule has 2 heterocycles. The zero-order valence-corrected chi connectivity index (χ0v) is 13.0. The molecule has 2 atom stereocenters. The highest BCUT2D eigenvalue weighted by molar-refractivity contribution is 5.85. The molecule has 0 aliphatic carbocycles. The molecule has 0 aromatic heterocycles. The number of hydrogen-bond acceptors (Lipinski definition) is 4. The molecule has 1 aromatic rings. The predicted molar refractivity (Wildman–Crippen MR) is 86.5 cm³/mol. The monoisotopic (exact) mass is 305 g/mol. The van der Waals surface area contributed by atoms with Gasteiger partial charge < -0.3 is 15.9 Å². The van der Waals surface area contributed by atoms with Gasteiger partial charge in [-0.05, 0) is 62.0 Å². The van der Waals surface area contributed by atoms with E-state index in [1.807, 2.05) is 12.1 Å². The van der Waals surface area contributed by atoms with E-state index in [-0.39, 0.29) is 12.6 Å². The van der Waals surface area contributed by atoms with Crippen molar-refractivity contribution in [3.63, 3.8) is 0 Å². The lowest BCUT2D eigenvalue weighted by molar-refractivity contribution is 0.106. The predicted octanol–water partition coefficient (Wildman–Crippen LogP) is 2.49. The third-order valence-electron chi connectivity index (χ3n) is 5.05. The summed E-state index contributed by atoms with van der Waals surface area (Å²) >= 11 is 0. The molecule has 3 rings (SSSR count). The molecule has 0 amide bonds.